The molecule has 0 saturated carbocycles. The fourth-order valence-corrected chi connectivity index (χ4v) is 3.22. The molecule has 2 N–H and O–H groups in total. The quantitative estimate of drug-likeness (QED) is 0.804. The first-order valence-electron chi connectivity index (χ1n) is 7.30. The molecule has 1 amide bonds. The Morgan fingerprint density at radius 2 is 1.95 bits per heavy atom. The Morgan fingerprint density at radius 3 is 2.53 bits per heavy atom. The van der Waals surface area contributed by atoms with Gasteiger partial charge in [0.1, 0.15) is 0 Å². The molecule has 2 rings (SSSR count). The van der Waals surface area contributed by atoms with Crippen molar-refractivity contribution >= 4 is 11.9 Å². The molecule has 19 heavy (non-hydrogen) atoms. The molecule has 0 spiro atoms. The van der Waals surface area contributed by atoms with Crippen molar-refractivity contribution in [3.8, 4) is 0 Å². The molecule has 0 radical (unpaired) electrons. The number of nitrogens with zero attached hydrogens (tertiary/aromatic N) is 1. The van der Waals surface area contributed by atoms with E-state index in [1.54, 1.807) is 0 Å². The summed E-state index contributed by atoms with van der Waals surface area (Å²) in [5.41, 5.74) is 0. The van der Waals surface area contributed by atoms with Crippen LogP contribution in [0.1, 0.15) is 39.0 Å². The van der Waals surface area contributed by atoms with E-state index >= 15 is 0 Å². The zero-order valence-corrected chi connectivity index (χ0v) is 11.6. The molecule has 0 aromatic heterocycles. The Morgan fingerprint density at radius 1 is 1.26 bits per heavy atom. The highest BCUT2D eigenvalue weighted by atomic mass is 16.4. The summed E-state index contributed by atoms with van der Waals surface area (Å²) in [5, 5.41) is 12.1. The molecule has 2 unspecified atom stereocenters. The fourth-order valence-electron chi connectivity index (χ4n) is 3.22. The van der Waals surface area contributed by atoms with Gasteiger partial charge in [0, 0.05) is 31.5 Å². The van der Waals surface area contributed by atoms with E-state index in [9.17, 15) is 9.59 Å². The van der Waals surface area contributed by atoms with E-state index in [0.29, 0.717) is 6.04 Å². The van der Waals surface area contributed by atoms with Crippen molar-refractivity contribution in [3.63, 3.8) is 0 Å². The minimum absolute atomic E-state index is 0.160. The Kier molecular flexibility index (Phi) is 4.80. The molecule has 2 aliphatic heterocycles. The standard InChI is InChI=1S/C14H24N2O3/c1-10-8-12(2-5-15-10)14(19)16-6-3-11(4-7-16)9-13(17)18/h10-12,15H,2-9H2,1H3,(H,17,18). The second-order valence-corrected chi connectivity index (χ2v) is 5.94. The number of carboxylic acids is 1. The number of piperidine rings is 2. The molecule has 2 fully saturated rings. The molecule has 0 aromatic carbocycles. The molecule has 0 bridgehead atoms. The van der Waals surface area contributed by atoms with Crippen LogP contribution in [0.2, 0.25) is 0 Å². The predicted octanol–water partition coefficient (Wildman–Crippen LogP) is 1.09. The van der Waals surface area contributed by atoms with E-state index in [1.807, 2.05) is 4.90 Å². The molecule has 2 aliphatic rings. The average Bonchev–Trinajstić information content (AvgIpc) is 2.38. The highest BCUT2D eigenvalue weighted by molar-refractivity contribution is 5.79. The molecule has 2 heterocycles. The third-order valence-electron chi connectivity index (χ3n) is 4.36. The monoisotopic (exact) mass is 268 g/mol. The average molecular weight is 268 g/mol. The highest BCUT2D eigenvalue weighted by Gasteiger charge is 2.31. The summed E-state index contributed by atoms with van der Waals surface area (Å²) in [7, 11) is 0. The topological polar surface area (TPSA) is 69.6 Å². The summed E-state index contributed by atoms with van der Waals surface area (Å²) >= 11 is 0. The summed E-state index contributed by atoms with van der Waals surface area (Å²) in [4.78, 5) is 25.0. The number of carbonyl (C=O) groups is 2. The summed E-state index contributed by atoms with van der Waals surface area (Å²) in [6, 6.07) is 0.423. The van der Waals surface area contributed by atoms with Gasteiger partial charge < -0.3 is 15.3 Å². The predicted molar refractivity (Wildman–Crippen MR) is 71.7 cm³/mol. The van der Waals surface area contributed by atoms with Crippen molar-refractivity contribution in [3.05, 3.63) is 0 Å². The van der Waals surface area contributed by atoms with E-state index in [4.69, 9.17) is 5.11 Å². The van der Waals surface area contributed by atoms with Crippen LogP contribution < -0.4 is 5.32 Å². The maximum atomic E-state index is 12.4. The Balaban J connectivity index is 1.80. The normalized spacial score (nSPS) is 29.2. The molecule has 2 atom stereocenters. The van der Waals surface area contributed by atoms with Gasteiger partial charge in [0.25, 0.3) is 0 Å². The largest absolute Gasteiger partial charge is 0.481 e. The van der Waals surface area contributed by atoms with Crippen LogP contribution in [0, 0.1) is 11.8 Å². The van der Waals surface area contributed by atoms with Gasteiger partial charge in [-0.1, -0.05) is 0 Å². The lowest BCUT2D eigenvalue weighted by Crippen LogP contribution is -2.46. The highest BCUT2D eigenvalue weighted by Crippen LogP contribution is 2.24. The van der Waals surface area contributed by atoms with Crippen LogP contribution in [0.3, 0.4) is 0 Å². The smallest absolute Gasteiger partial charge is 0.303 e. The Hall–Kier alpha value is -1.10. The van der Waals surface area contributed by atoms with E-state index in [0.717, 1.165) is 45.3 Å². The summed E-state index contributed by atoms with van der Waals surface area (Å²) < 4.78 is 0. The number of likely N-dealkylation sites (tertiary alicyclic amines) is 1. The van der Waals surface area contributed by atoms with Gasteiger partial charge in [0.2, 0.25) is 5.91 Å². The molecule has 108 valence electrons. The lowest BCUT2D eigenvalue weighted by Gasteiger charge is -2.36. The van der Waals surface area contributed by atoms with Crippen molar-refractivity contribution in [2.45, 2.75) is 45.1 Å². The first-order valence-corrected chi connectivity index (χ1v) is 7.30. The summed E-state index contributed by atoms with van der Waals surface area (Å²) in [6.45, 7) is 4.51. The molecule has 5 nitrogen and oxygen atoms in total. The van der Waals surface area contributed by atoms with Crippen molar-refractivity contribution in [1.82, 2.24) is 10.2 Å². The van der Waals surface area contributed by atoms with E-state index < -0.39 is 5.97 Å². The molecular formula is C14H24N2O3. The third kappa shape index (κ3) is 3.93. The second kappa shape index (κ2) is 6.37. The van der Waals surface area contributed by atoms with Crippen LogP contribution in [0.25, 0.3) is 0 Å². The van der Waals surface area contributed by atoms with Gasteiger partial charge in [0.05, 0.1) is 0 Å². The Bertz CT molecular complexity index is 338. The van der Waals surface area contributed by atoms with Crippen LogP contribution in [0.15, 0.2) is 0 Å². The van der Waals surface area contributed by atoms with Crippen molar-refractivity contribution < 1.29 is 14.7 Å². The number of hydrogen-bond donors (Lipinski definition) is 2. The number of carboxylic acid groups (broad SMARTS) is 1. The fraction of sp³-hybridized carbons (Fsp3) is 0.857. The maximum Gasteiger partial charge on any atom is 0.303 e. The van der Waals surface area contributed by atoms with Gasteiger partial charge in [-0.3, -0.25) is 9.59 Å². The van der Waals surface area contributed by atoms with Gasteiger partial charge in [0.15, 0.2) is 0 Å². The number of nitrogens with one attached hydrogen (secondary N) is 1. The maximum absolute atomic E-state index is 12.4. The number of rotatable bonds is 3. The SMILES string of the molecule is CC1CC(C(=O)N2CCC(CC(=O)O)CC2)CCN1. The minimum atomic E-state index is -0.725. The van der Waals surface area contributed by atoms with Crippen LogP contribution in [-0.2, 0) is 9.59 Å². The van der Waals surface area contributed by atoms with Crippen LogP contribution >= 0.6 is 0 Å². The van der Waals surface area contributed by atoms with Crippen molar-refractivity contribution in [1.29, 1.82) is 0 Å². The Labute approximate surface area is 114 Å². The molecule has 0 aliphatic carbocycles. The minimum Gasteiger partial charge on any atom is -0.481 e. The van der Waals surface area contributed by atoms with Gasteiger partial charge in [-0.05, 0) is 45.1 Å². The van der Waals surface area contributed by atoms with Crippen molar-refractivity contribution in [2.24, 2.45) is 11.8 Å². The molecule has 2 saturated heterocycles. The first-order chi connectivity index (χ1) is 9.06. The van der Waals surface area contributed by atoms with E-state index in [-0.39, 0.29) is 24.2 Å². The van der Waals surface area contributed by atoms with Crippen LogP contribution in [0.5, 0.6) is 0 Å². The van der Waals surface area contributed by atoms with E-state index in [2.05, 4.69) is 12.2 Å². The summed E-state index contributed by atoms with van der Waals surface area (Å²) in [6.07, 6.45) is 3.76. The second-order valence-electron chi connectivity index (χ2n) is 5.94. The molecular weight excluding hydrogens is 244 g/mol. The van der Waals surface area contributed by atoms with Crippen LogP contribution in [-0.4, -0.2) is 47.6 Å². The number of amides is 1. The lowest BCUT2D eigenvalue weighted by atomic mass is 9.89. The van der Waals surface area contributed by atoms with Gasteiger partial charge in [-0.2, -0.15) is 0 Å². The van der Waals surface area contributed by atoms with E-state index in [1.165, 1.54) is 0 Å². The first kappa shape index (κ1) is 14.3. The van der Waals surface area contributed by atoms with Gasteiger partial charge >= 0.3 is 5.97 Å². The number of hydrogen-bond acceptors (Lipinski definition) is 3. The van der Waals surface area contributed by atoms with Crippen molar-refractivity contribution in [2.75, 3.05) is 19.6 Å². The zero-order valence-electron chi connectivity index (χ0n) is 11.6. The van der Waals surface area contributed by atoms with Gasteiger partial charge in [-0.25, -0.2) is 0 Å². The number of carbonyl (C=O) groups excluding carboxylic acids is 1. The molecule has 5 heteroatoms. The third-order valence-corrected chi connectivity index (χ3v) is 4.36. The molecule has 0 aromatic rings. The zero-order chi connectivity index (χ0) is 13.8. The summed E-state index contributed by atoms with van der Waals surface area (Å²) in [5.74, 6) is -0.0418. The van der Waals surface area contributed by atoms with Gasteiger partial charge in [-0.15, -0.1) is 0 Å². The van der Waals surface area contributed by atoms with Crippen LogP contribution in [0.4, 0.5) is 0 Å². The lowest BCUT2D eigenvalue weighted by molar-refractivity contribution is -0.140. The number of aliphatic carboxylic acids is 1.